The summed E-state index contributed by atoms with van der Waals surface area (Å²) in [4.78, 5) is 14.1. The first-order chi connectivity index (χ1) is 27.2. The van der Waals surface area contributed by atoms with Crippen molar-refractivity contribution < 1.29 is 61.6 Å². The summed E-state index contributed by atoms with van der Waals surface area (Å²) >= 11 is 0. The van der Waals surface area contributed by atoms with Crippen molar-refractivity contribution in [2.75, 3.05) is 166 Å². The number of hydrogen-bond acceptors (Lipinski definition) is 13. The molecule has 14 nitrogen and oxygen atoms in total. The van der Waals surface area contributed by atoms with Crippen LogP contribution in [0.25, 0.3) is 11.1 Å². The highest BCUT2D eigenvalue weighted by Gasteiger charge is 2.29. The van der Waals surface area contributed by atoms with Crippen molar-refractivity contribution in [3.05, 3.63) is 59.7 Å². The molecule has 0 N–H and O–H groups in total. The van der Waals surface area contributed by atoms with Crippen molar-refractivity contribution in [2.45, 2.75) is 5.92 Å². The molecule has 0 heterocycles. The van der Waals surface area contributed by atoms with Gasteiger partial charge in [-0.05, 0) is 22.3 Å². The lowest BCUT2D eigenvalue weighted by Gasteiger charge is -2.19. The van der Waals surface area contributed by atoms with Crippen LogP contribution in [0.1, 0.15) is 17.0 Å². The summed E-state index contributed by atoms with van der Waals surface area (Å²) in [6, 6.07) is 16.6. The largest absolute Gasteiger partial charge is 0.448 e. The van der Waals surface area contributed by atoms with Gasteiger partial charge in [0.1, 0.15) is 13.2 Å². The number of ether oxygens (including phenoxy) is 12. The number of hydrogen-bond donors (Lipinski definition) is 0. The van der Waals surface area contributed by atoms with Gasteiger partial charge >= 0.3 is 6.09 Å². The molecule has 308 valence electrons. The van der Waals surface area contributed by atoms with Gasteiger partial charge in [-0.15, -0.1) is 6.42 Å². The zero-order chi connectivity index (χ0) is 38.9. The molecule has 0 aliphatic heterocycles. The number of fused-ring (bicyclic) bond motifs is 3. The summed E-state index contributed by atoms with van der Waals surface area (Å²) < 4.78 is 65.7. The quantitative estimate of drug-likeness (QED) is 0.0738. The lowest BCUT2D eigenvalue weighted by atomic mass is 9.98. The van der Waals surface area contributed by atoms with Crippen LogP contribution in [0, 0.1) is 12.3 Å². The minimum absolute atomic E-state index is 0.0370. The van der Waals surface area contributed by atoms with Crippen LogP contribution in [0.15, 0.2) is 48.5 Å². The number of amides is 1. The lowest BCUT2D eigenvalue weighted by Crippen LogP contribution is -2.32. The molecule has 2 aromatic carbocycles. The van der Waals surface area contributed by atoms with Crippen molar-refractivity contribution in [2.24, 2.45) is 0 Å². The van der Waals surface area contributed by atoms with Gasteiger partial charge in [-0.3, -0.25) is 0 Å². The van der Waals surface area contributed by atoms with Crippen molar-refractivity contribution >= 4 is 6.09 Å². The van der Waals surface area contributed by atoms with Gasteiger partial charge in [-0.25, -0.2) is 4.79 Å². The zero-order valence-electron chi connectivity index (χ0n) is 32.5. The van der Waals surface area contributed by atoms with E-state index < -0.39 is 0 Å². The van der Waals surface area contributed by atoms with Gasteiger partial charge in [0, 0.05) is 19.5 Å². The number of nitrogens with zero attached hydrogens (tertiary/aromatic N) is 1. The van der Waals surface area contributed by atoms with Crippen molar-refractivity contribution in [1.29, 1.82) is 0 Å². The summed E-state index contributed by atoms with van der Waals surface area (Å²) in [6.45, 7) is 11.1. The van der Waals surface area contributed by atoms with Gasteiger partial charge < -0.3 is 61.7 Å². The molecule has 0 radical (unpaired) electrons. The second-order valence-electron chi connectivity index (χ2n) is 12.1. The molecule has 0 bridgehead atoms. The van der Waals surface area contributed by atoms with Crippen LogP contribution >= 0.6 is 0 Å². The van der Waals surface area contributed by atoms with E-state index >= 15 is 0 Å². The Labute approximate surface area is 326 Å². The molecule has 14 heteroatoms. The molecule has 2 aromatic rings. The third-order valence-corrected chi connectivity index (χ3v) is 8.12. The summed E-state index contributed by atoms with van der Waals surface area (Å²) in [7, 11) is 1.71. The Kier molecular flexibility index (Phi) is 26.9. The molecule has 0 aromatic heterocycles. The van der Waals surface area contributed by atoms with Crippen molar-refractivity contribution in [3.63, 3.8) is 0 Å². The Morgan fingerprint density at radius 2 is 0.818 bits per heavy atom. The van der Waals surface area contributed by atoms with E-state index in [1.807, 2.05) is 24.3 Å². The average Bonchev–Trinajstić information content (AvgIpc) is 3.53. The number of likely N-dealkylation sites (N-methyl/N-ethyl adjacent to an activating group) is 1. The molecular formula is C41H61NO13. The molecule has 1 amide bonds. The first-order valence-electron chi connectivity index (χ1n) is 19.1. The lowest BCUT2D eigenvalue weighted by molar-refractivity contribution is -0.0273. The van der Waals surface area contributed by atoms with Crippen LogP contribution in [0.4, 0.5) is 4.79 Å². The molecule has 1 aliphatic carbocycles. The molecule has 55 heavy (non-hydrogen) atoms. The third-order valence-electron chi connectivity index (χ3n) is 8.12. The maximum atomic E-state index is 12.6. The molecule has 0 atom stereocenters. The van der Waals surface area contributed by atoms with Gasteiger partial charge in [-0.2, -0.15) is 0 Å². The molecule has 3 rings (SSSR count). The topological polar surface area (TPSA) is 131 Å². The minimum atomic E-state index is -0.366. The van der Waals surface area contributed by atoms with E-state index in [9.17, 15) is 4.79 Å². The second kappa shape index (κ2) is 32.0. The Morgan fingerprint density at radius 1 is 0.509 bits per heavy atom. The Hall–Kier alpha value is -3.17. The number of carbonyl (C=O) groups is 1. The van der Waals surface area contributed by atoms with Gasteiger partial charge in [0.2, 0.25) is 0 Å². The number of terminal acetylenes is 1. The maximum Gasteiger partial charge on any atom is 0.409 e. The van der Waals surface area contributed by atoms with Gasteiger partial charge in [0.05, 0.1) is 139 Å². The van der Waals surface area contributed by atoms with E-state index in [4.69, 9.17) is 63.3 Å². The fourth-order valence-electron chi connectivity index (χ4n) is 5.33. The fourth-order valence-corrected chi connectivity index (χ4v) is 5.33. The second-order valence-corrected chi connectivity index (χ2v) is 12.1. The predicted octanol–water partition coefficient (Wildman–Crippen LogP) is 3.68. The standard InChI is InChI=1S/C41H61NO13/c1-3-13-44-15-17-46-19-21-48-23-25-50-27-29-52-31-33-54-34-32-53-30-28-51-26-24-49-22-20-47-18-16-45-14-12-42(2)41(43)55-35-40-38-10-6-4-8-36(38)37-9-5-7-11-39(37)40/h1,4-11,40H,12-35H2,2H3. The van der Waals surface area contributed by atoms with Gasteiger partial charge in [-0.1, -0.05) is 54.5 Å². The van der Waals surface area contributed by atoms with Crippen molar-refractivity contribution in [1.82, 2.24) is 4.90 Å². The van der Waals surface area contributed by atoms with Crippen LogP contribution in [-0.4, -0.2) is 177 Å². The number of rotatable bonds is 36. The number of benzene rings is 2. The Balaban J connectivity index is 0.968. The van der Waals surface area contributed by atoms with Gasteiger partial charge in [0.15, 0.2) is 0 Å². The SMILES string of the molecule is C#CCOCCOCCOCCOCCOCCOCCOCCOCCOCCOCCOCCN(C)C(=O)OCC1c2ccccc2-c2ccccc21. The highest BCUT2D eigenvalue weighted by molar-refractivity contribution is 5.79. The summed E-state index contributed by atoms with van der Waals surface area (Å²) in [6.07, 6.45) is 4.72. The van der Waals surface area contributed by atoms with Crippen LogP contribution in [0.2, 0.25) is 0 Å². The third kappa shape index (κ3) is 21.1. The Bertz CT molecular complexity index is 1250. The smallest absolute Gasteiger partial charge is 0.409 e. The molecule has 0 saturated heterocycles. The van der Waals surface area contributed by atoms with E-state index in [0.717, 1.165) is 0 Å². The van der Waals surface area contributed by atoms with E-state index in [1.165, 1.54) is 27.2 Å². The van der Waals surface area contributed by atoms with Crippen LogP contribution in [0.3, 0.4) is 0 Å². The molecular weight excluding hydrogens is 714 g/mol. The van der Waals surface area contributed by atoms with E-state index in [2.05, 4.69) is 30.2 Å². The molecule has 0 fully saturated rings. The minimum Gasteiger partial charge on any atom is -0.448 e. The predicted molar refractivity (Wildman–Crippen MR) is 206 cm³/mol. The summed E-state index contributed by atoms with van der Waals surface area (Å²) in [5, 5.41) is 0. The van der Waals surface area contributed by atoms with E-state index in [0.29, 0.717) is 159 Å². The highest BCUT2D eigenvalue weighted by atomic mass is 16.6. The zero-order valence-corrected chi connectivity index (χ0v) is 32.5. The summed E-state index contributed by atoms with van der Waals surface area (Å²) in [5.41, 5.74) is 4.79. The van der Waals surface area contributed by atoms with Gasteiger partial charge in [0.25, 0.3) is 0 Å². The first kappa shape index (κ1) is 46.2. The van der Waals surface area contributed by atoms with E-state index in [-0.39, 0.29) is 12.0 Å². The van der Waals surface area contributed by atoms with Crippen LogP contribution < -0.4 is 0 Å². The van der Waals surface area contributed by atoms with E-state index in [1.54, 1.807) is 7.05 Å². The molecule has 0 unspecified atom stereocenters. The maximum absolute atomic E-state index is 12.6. The van der Waals surface area contributed by atoms with Crippen LogP contribution in [-0.2, 0) is 56.8 Å². The molecule has 1 aliphatic rings. The summed E-state index contributed by atoms with van der Waals surface area (Å²) in [5.74, 6) is 2.44. The fraction of sp³-hybridized carbons (Fsp3) is 0.634. The average molecular weight is 776 g/mol. The molecule has 0 spiro atoms. The van der Waals surface area contributed by atoms with Crippen LogP contribution in [0.5, 0.6) is 0 Å². The first-order valence-corrected chi connectivity index (χ1v) is 19.1. The van der Waals surface area contributed by atoms with Crippen molar-refractivity contribution in [3.8, 4) is 23.5 Å². The highest BCUT2D eigenvalue weighted by Crippen LogP contribution is 2.44. The number of carbonyl (C=O) groups excluding carboxylic acids is 1. The molecule has 0 saturated carbocycles. The normalized spacial score (nSPS) is 12.1. The Morgan fingerprint density at radius 3 is 1.16 bits per heavy atom. The monoisotopic (exact) mass is 775 g/mol.